The van der Waals surface area contributed by atoms with Crippen LogP contribution in [0.4, 0.5) is 15.9 Å². The number of alkyl halides is 1. The van der Waals surface area contributed by atoms with Crippen LogP contribution in [0, 0.1) is 18.8 Å². The number of β-amino-alcohol motifs (C(OH)–C–C–N with tert-alkyl or cyclic N) is 1. The third-order valence-corrected chi connectivity index (χ3v) is 8.16. The fraction of sp³-hybridized carbons (Fsp3) is 0.303. The highest BCUT2D eigenvalue weighted by molar-refractivity contribution is 6.04. The highest BCUT2D eigenvalue weighted by Crippen LogP contribution is 2.37. The Morgan fingerprint density at radius 2 is 1.98 bits per heavy atom. The van der Waals surface area contributed by atoms with Gasteiger partial charge in [-0.15, -0.1) is 0 Å². The number of piperazine rings is 1. The average Bonchev–Trinajstić information content (AvgIpc) is 3.01. The molecule has 1 saturated heterocycles. The van der Waals surface area contributed by atoms with Gasteiger partial charge in [0.1, 0.15) is 18.3 Å². The molecule has 8 nitrogen and oxygen atoms in total. The lowest BCUT2D eigenvalue weighted by Crippen LogP contribution is -2.56. The van der Waals surface area contributed by atoms with Crippen LogP contribution in [0.5, 0.6) is 0 Å². The molecule has 214 valence electrons. The molecule has 2 aliphatic heterocycles. The van der Waals surface area contributed by atoms with Gasteiger partial charge in [-0.25, -0.2) is 14.4 Å². The number of halogens is 1. The fourth-order valence-electron chi connectivity index (χ4n) is 5.80. The van der Waals surface area contributed by atoms with Crippen LogP contribution in [0.2, 0.25) is 0 Å². The summed E-state index contributed by atoms with van der Waals surface area (Å²) in [6.07, 6.45) is 0.352. The molecule has 0 spiro atoms. The third-order valence-electron chi connectivity index (χ3n) is 8.16. The van der Waals surface area contributed by atoms with Crippen LogP contribution in [0.15, 0.2) is 60.9 Å². The Balaban J connectivity index is 1.19. The SMILES string of the molecule is CNc1ncnc2cc(C#Cc3cc(C(=O)Nc4ccc5c(c4)C(F)[C@H]4CN(CCO)CCN4C5)ccc3C)ccc12. The van der Waals surface area contributed by atoms with Crippen molar-refractivity contribution in [3.05, 3.63) is 94.3 Å². The maximum absolute atomic E-state index is 15.7. The van der Waals surface area contributed by atoms with Crippen molar-refractivity contribution >= 4 is 28.3 Å². The average molecular weight is 565 g/mol. The minimum Gasteiger partial charge on any atom is -0.395 e. The largest absolute Gasteiger partial charge is 0.395 e. The van der Waals surface area contributed by atoms with Gasteiger partial charge in [0.05, 0.1) is 18.2 Å². The number of benzene rings is 3. The second-order valence-corrected chi connectivity index (χ2v) is 10.8. The maximum Gasteiger partial charge on any atom is 0.255 e. The zero-order valence-electron chi connectivity index (χ0n) is 23.7. The van der Waals surface area contributed by atoms with E-state index in [4.69, 9.17) is 0 Å². The number of aromatic nitrogens is 2. The first-order valence-corrected chi connectivity index (χ1v) is 14.1. The van der Waals surface area contributed by atoms with Crippen molar-refractivity contribution in [1.82, 2.24) is 19.8 Å². The molecule has 2 aliphatic rings. The number of carbonyl (C=O) groups is 1. The minimum atomic E-state index is -1.17. The van der Waals surface area contributed by atoms with Crippen molar-refractivity contribution in [3.63, 3.8) is 0 Å². The summed E-state index contributed by atoms with van der Waals surface area (Å²) in [6, 6.07) is 16.5. The van der Waals surface area contributed by atoms with Gasteiger partial charge < -0.3 is 15.7 Å². The summed E-state index contributed by atoms with van der Waals surface area (Å²) in [6.45, 7) is 5.44. The summed E-state index contributed by atoms with van der Waals surface area (Å²) in [5, 5.41) is 16.3. The van der Waals surface area contributed by atoms with Crippen LogP contribution in [0.1, 0.15) is 44.3 Å². The molecular formula is C33H33FN6O2. The van der Waals surface area contributed by atoms with Crippen molar-refractivity contribution in [3.8, 4) is 11.8 Å². The van der Waals surface area contributed by atoms with Crippen LogP contribution in [-0.4, -0.2) is 76.7 Å². The van der Waals surface area contributed by atoms with Crippen molar-refractivity contribution in [1.29, 1.82) is 0 Å². The Kier molecular flexibility index (Phi) is 7.85. The molecule has 3 aromatic carbocycles. The summed E-state index contributed by atoms with van der Waals surface area (Å²) < 4.78 is 15.7. The van der Waals surface area contributed by atoms with Crippen molar-refractivity contribution in [2.75, 3.05) is 50.5 Å². The Hall–Kier alpha value is -4.36. The van der Waals surface area contributed by atoms with Crippen molar-refractivity contribution < 1.29 is 14.3 Å². The second kappa shape index (κ2) is 11.9. The highest BCUT2D eigenvalue weighted by Gasteiger charge is 2.38. The number of hydrogen-bond acceptors (Lipinski definition) is 7. The van der Waals surface area contributed by atoms with Crippen molar-refractivity contribution in [2.24, 2.45) is 0 Å². The van der Waals surface area contributed by atoms with E-state index >= 15 is 4.39 Å². The number of aliphatic hydroxyl groups excluding tert-OH is 1. The molecule has 42 heavy (non-hydrogen) atoms. The van der Waals surface area contributed by atoms with Gasteiger partial charge >= 0.3 is 0 Å². The minimum absolute atomic E-state index is 0.0688. The van der Waals surface area contributed by atoms with Crippen LogP contribution < -0.4 is 10.6 Å². The summed E-state index contributed by atoms with van der Waals surface area (Å²) in [7, 11) is 1.82. The smallest absolute Gasteiger partial charge is 0.255 e. The van der Waals surface area contributed by atoms with E-state index in [1.807, 2.05) is 50.4 Å². The molecule has 6 rings (SSSR count). The Bertz CT molecular complexity index is 1710. The molecule has 1 fully saturated rings. The topological polar surface area (TPSA) is 93.6 Å². The monoisotopic (exact) mass is 564 g/mol. The summed E-state index contributed by atoms with van der Waals surface area (Å²) >= 11 is 0. The number of rotatable bonds is 5. The van der Waals surface area contributed by atoms with E-state index in [2.05, 4.69) is 42.2 Å². The number of fused-ring (bicyclic) bond motifs is 3. The van der Waals surface area contributed by atoms with E-state index < -0.39 is 6.17 Å². The van der Waals surface area contributed by atoms with Gasteiger partial charge in [-0.05, 0) is 66.1 Å². The molecule has 9 heteroatoms. The standard InChI is InChI=1S/C33H33FN6O2/c1-21-3-6-24(16-23(21)7-4-22-5-10-27-29(15-22)36-20-37-32(27)35-2)33(42)38-26-9-8-25-18-40-12-11-39(13-14-41)19-30(40)31(34)28(25)17-26/h3,5-6,8-10,15-17,20,30-31,41H,11-14,18-19H2,1-2H3,(H,38,42)(H,35,36,37)/t30-,31?/m1/s1. The Morgan fingerprint density at radius 1 is 1.10 bits per heavy atom. The van der Waals surface area contributed by atoms with Crippen LogP contribution in [0.3, 0.4) is 0 Å². The number of nitrogens with zero attached hydrogens (tertiary/aromatic N) is 4. The van der Waals surface area contributed by atoms with Gasteiger partial charge in [0.25, 0.3) is 5.91 Å². The predicted molar refractivity (Wildman–Crippen MR) is 162 cm³/mol. The molecule has 1 amide bonds. The molecule has 0 radical (unpaired) electrons. The number of anilines is 2. The normalized spacial score (nSPS) is 18.5. The third kappa shape index (κ3) is 5.57. The lowest BCUT2D eigenvalue weighted by atomic mass is 9.90. The fourth-order valence-corrected chi connectivity index (χ4v) is 5.80. The molecule has 0 bridgehead atoms. The highest BCUT2D eigenvalue weighted by atomic mass is 19.1. The van der Waals surface area contributed by atoms with E-state index in [-0.39, 0.29) is 18.6 Å². The molecule has 1 unspecified atom stereocenters. The van der Waals surface area contributed by atoms with Gasteiger partial charge in [-0.2, -0.15) is 0 Å². The number of aryl methyl sites for hydroxylation is 1. The van der Waals surface area contributed by atoms with E-state index in [1.165, 1.54) is 6.33 Å². The summed E-state index contributed by atoms with van der Waals surface area (Å²) in [5.74, 6) is 6.88. The van der Waals surface area contributed by atoms with E-state index in [1.54, 1.807) is 18.2 Å². The van der Waals surface area contributed by atoms with Gasteiger partial charge in [0.15, 0.2) is 0 Å². The number of aliphatic hydroxyl groups is 1. The van der Waals surface area contributed by atoms with Crippen molar-refractivity contribution in [2.45, 2.75) is 25.7 Å². The number of carbonyl (C=O) groups excluding carboxylic acids is 1. The maximum atomic E-state index is 15.7. The Labute approximate surface area is 244 Å². The van der Waals surface area contributed by atoms with Crippen LogP contribution in [0.25, 0.3) is 10.9 Å². The van der Waals surface area contributed by atoms with Gasteiger partial charge in [0, 0.05) is 67.5 Å². The van der Waals surface area contributed by atoms with Gasteiger partial charge in [-0.1, -0.05) is 24.0 Å². The van der Waals surface area contributed by atoms with E-state index in [0.717, 1.165) is 52.1 Å². The van der Waals surface area contributed by atoms with E-state index in [9.17, 15) is 9.90 Å². The zero-order valence-corrected chi connectivity index (χ0v) is 23.7. The molecule has 4 aromatic rings. The number of amides is 1. The number of nitrogens with one attached hydrogen (secondary N) is 2. The molecule has 3 N–H and O–H groups in total. The molecule has 3 heterocycles. The molecule has 0 aliphatic carbocycles. The lowest BCUT2D eigenvalue weighted by molar-refractivity contribution is 0.00567. The first-order chi connectivity index (χ1) is 20.4. The summed E-state index contributed by atoms with van der Waals surface area (Å²) in [5.41, 5.74) is 5.92. The molecular weight excluding hydrogens is 531 g/mol. The quantitative estimate of drug-likeness (QED) is 0.314. The molecule has 1 aromatic heterocycles. The first-order valence-electron chi connectivity index (χ1n) is 14.1. The summed E-state index contributed by atoms with van der Waals surface area (Å²) in [4.78, 5) is 26.1. The zero-order chi connectivity index (χ0) is 29.2. The lowest BCUT2D eigenvalue weighted by Gasteiger charge is -2.46. The van der Waals surface area contributed by atoms with Gasteiger partial charge in [0.2, 0.25) is 0 Å². The number of hydrogen-bond donors (Lipinski definition) is 3. The van der Waals surface area contributed by atoms with Crippen LogP contribution in [-0.2, 0) is 6.54 Å². The predicted octanol–water partition coefficient (Wildman–Crippen LogP) is 4.13. The second-order valence-electron chi connectivity index (χ2n) is 10.8. The molecule has 0 saturated carbocycles. The molecule has 2 atom stereocenters. The Morgan fingerprint density at radius 3 is 2.81 bits per heavy atom. The van der Waals surface area contributed by atoms with Crippen LogP contribution >= 0.6 is 0 Å². The first kappa shape index (κ1) is 27.8. The van der Waals surface area contributed by atoms with Gasteiger partial charge in [-0.3, -0.25) is 14.6 Å². The van der Waals surface area contributed by atoms with E-state index in [0.29, 0.717) is 36.4 Å².